The van der Waals surface area contributed by atoms with Crippen molar-refractivity contribution in [3.05, 3.63) is 29.0 Å². The molecule has 1 saturated carbocycles. The van der Waals surface area contributed by atoms with Crippen LogP contribution in [0.2, 0.25) is 5.15 Å². The fraction of sp³-hybridized carbons (Fsp3) is 0.500. The third kappa shape index (κ3) is 2.53. The molecular weight excluding hydrogens is 224 g/mol. The van der Waals surface area contributed by atoms with E-state index in [2.05, 4.69) is 4.98 Å². The van der Waals surface area contributed by atoms with Gasteiger partial charge in [0, 0.05) is 17.5 Å². The number of amides is 1. The van der Waals surface area contributed by atoms with Crippen molar-refractivity contribution in [1.82, 2.24) is 4.98 Å². The molecule has 0 aromatic carbocycles. The van der Waals surface area contributed by atoms with Crippen LogP contribution in [0.4, 0.5) is 0 Å². The lowest BCUT2D eigenvalue weighted by Gasteiger charge is -2.26. The highest BCUT2D eigenvalue weighted by atomic mass is 35.5. The largest absolute Gasteiger partial charge is 0.369 e. The van der Waals surface area contributed by atoms with E-state index < -0.39 is 0 Å². The van der Waals surface area contributed by atoms with Gasteiger partial charge in [0.1, 0.15) is 5.15 Å². The number of hydrogen-bond donors (Lipinski definition) is 1. The molecule has 86 valence electrons. The molecule has 2 N–H and O–H groups in total. The van der Waals surface area contributed by atoms with Crippen molar-refractivity contribution in [2.75, 3.05) is 0 Å². The van der Waals surface area contributed by atoms with E-state index in [4.69, 9.17) is 17.3 Å². The molecule has 16 heavy (non-hydrogen) atoms. The molecule has 2 rings (SSSR count). The number of hydrogen-bond acceptors (Lipinski definition) is 2. The summed E-state index contributed by atoms with van der Waals surface area (Å²) < 4.78 is 0. The van der Waals surface area contributed by atoms with E-state index in [1.807, 2.05) is 12.1 Å². The minimum atomic E-state index is -0.169. The second-order valence-electron chi connectivity index (χ2n) is 4.34. The topological polar surface area (TPSA) is 56.0 Å². The van der Waals surface area contributed by atoms with E-state index in [1.54, 1.807) is 6.07 Å². The van der Waals surface area contributed by atoms with Gasteiger partial charge in [0.2, 0.25) is 5.91 Å². The summed E-state index contributed by atoms with van der Waals surface area (Å²) >= 11 is 5.86. The molecule has 0 atom stereocenters. The zero-order valence-corrected chi connectivity index (χ0v) is 9.78. The Hall–Kier alpha value is -1.09. The first-order chi connectivity index (χ1) is 7.66. The maximum absolute atomic E-state index is 11.0. The summed E-state index contributed by atoms with van der Waals surface area (Å²) in [6.07, 6.45) is 3.68. The van der Waals surface area contributed by atoms with Crippen molar-refractivity contribution in [2.24, 2.45) is 11.7 Å². The molecule has 1 aromatic rings. The van der Waals surface area contributed by atoms with Crippen molar-refractivity contribution in [3.8, 4) is 0 Å². The standard InChI is InChI=1S/C12H15ClN2O/c13-11-3-1-2-10(15-11)8-4-6-9(7-5-8)12(14)16/h1-3,8-9H,4-7H2,(H2,14,16). The molecule has 4 heteroatoms. The number of halogens is 1. The van der Waals surface area contributed by atoms with E-state index in [0.29, 0.717) is 11.1 Å². The van der Waals surface area contributed by atoms with E-state index in [-0.39, 0.29) is 11.8 Å². The SMILES string of the molecule is NC(=O)C1CCC(c2cccc(Cl)n2)CC1. The zero-order chi connectivity index (χ0) is 11.5. The maximum Gasteiger partial charge on any atom is 0.220 e. The summed E-state index contributed by atoms with van der Waals surface area (Å²) in [7, 11) is 0. The normalized spacial score (nSPS) is 25.3. The van der Waals surface area contributed by atoms with E-state index >= 15 is 0 Å². The molecular formula is C12H15ClN2O. The third-order valence-electron chi connectivity index (χ3n) is 3.28. The van der Waals surface area contributed by atoms with Crippen LogP contribution >= 0.6 is 11.6 Å². The van der Waals surface area contributed by atoms with Gasteiger partial charge in [-0.25, -0.2) is 4.98 Å². The minimum absolute atomic E-state index is 0.0513. The van der Waals surface area contributed by atoms with Gasteiger partial charge in [0.15, 0.2) is 0 Å². The van der Waals surface area contributed by atoms with Crippen LogP contribution < -0.4 is 5.73 Å². The number of nitrogens with two attached hydrogens (primary N) is 1. The van der Waals surface area contributed by atoms with Crippen LogP contribution in [0.15, 0.2) is 18.2 Å². The number of rotatable bonds is 2. The molecule has 3 nitrogen and oxygen atoms in total. The molecule has 1 aliphatic carbocycles. The Morgan fingerprint density at radius 1 is 1.31 bits per heavy atom. The molecule has 1 heterocycles. The molecule has 0 saturated heterocycles. The van der Waals surface area contributed by atoms with Crippen molar-refractivity contribution >= 4 is 17.5 Å². The zero-order valence-electron chi connectivity index (χ0n) is 9.03. The Morgan fingerprint density at radius 3 is 2.56 bits per heavy atom. The number of carbonyl (C=O) groups is 1. The summed E-state index contributed by atoms with van der Waals surface area (Å²) in [5.41, 5.74) is 6.34. The fourth-order valence-electron chi connectivity index (χ4n) is 2.33. The lowest BCUT2D eigenvalue weighted by molar-refractivity contribution is -0.122. The average Bonchev–Trinajstić information content (AvgIpc) is 2.29. The number of pyridine rings is 1. The molecule has 1 aliphatic rings. The van der Waals surface area contributed by atoms with Gasteiger partial charge in [-0.1, -0.05) is 17.7 Å². The van der Waals surface area contributed by atoms with Crippen molar-refractivity contribution in [1.29, 1.82) is 0 Å². The van der Waals surface area contributed by atoms with Gasteiger partial charge in [0.05, 0.1) is 0 Å². The second-order valence-corrected chi connectivity index (χ2v) is 4.72. The predicted molar refractivity (Wildman–Crippen MR) is 63.1 cm³/mol. The summed E-state index contributed by atoms with van der Waals surface area (Å²) in [6.45, 7) is 0. The molecule has 0 aliphatic heterocycles. The monoisotopic (exact) mass is 238 g/mol. The number of carbonyl (C=O) groups excluding carboxylic acids is 1. The first-order valence-corrected chi connectivity index (χ1v) is 5.96. The van der Waals surface area contributed by atoms with Gasteiger partial charge in [-0.2, -0.15) is 0 Å². The quantitative estimate of drug-likeness (QED) is 0.805. The number of aromatic nitrogens is 1. The lowest BCUT2D eigenvalue weighted by Crippen LogP contribution is -2.27. The highest BCUT2D eigenvalue weighted by Crippen LogP contribution is 2.34. The number of nitrogens with zero attached hydrogens (tertiary/aromatic N) is 1. The van der Waals surface area contributed by atoms with Gasteiger partial charge in [-0.3, -0.25) is 4.79 Å². The Morgan fingerprint density at radius 2 is 2.00 bits per heavy atom. The number of primary amides is 1. The smallest absolute Gasteiger partial charge is 0.220 e. The molecule has 0 bridgehead atoms. The van der Waals surface area contributed by atoms with Gasteiger partial charge in [0.25, 0.3) is 0 Å². The van der Waals surface area contributed by atoms with Gasteiger partial charge < -0.3 is 5.73 Å². The Balaban J connectivity index is 2.01. The Kier molecular flexibility index (Phi) is 3.44. The molecule has 1 aromatic heterocycles. The Labute approximate surface area is 100 Å². The van der Waals surface area contributed by atoms with Gasteiger partial charge in [-0.05, 0) is 37.8 Å². The third-order valence-corrected chi connectivity index (χ3v) is 3.49. The van der Waals surface area contributed by atoms with Crippen LogP contribution in [0.3, 0.4) is 0 Å². The van der Waals surface area contributed by atoms with Crippen LogP contribution in [0.5, 0.6) is 0 Å². The fourth-order valence-corrected chi connectivity index (χ4v) is 2.50. The van der Waals surface area contributed by atoms with Crippen molar-refractivity contribution in [3.63, 3.8) is 0 Å². The lowest BCUT2D eigenvalue weighted by atomic mass is 9.80. The summed E-state index contributed by atoms with van der Waals surface area (Å²) in [5, 5.41) is 0.537. The van der Waals surface area contributed by atoms with Gasteiger partial charge in [-0.15, -0.1) is 0 Å². The maximum atomic E-state index is 11.0. The average molecular weight is 239 g/mol. The van der Waals surface area contributed by atoms with E-state index in [9.17, 15) is 4.79 Å². The molecule has 1 fully saturated rings. The highest BCUT2D eigenvalue weighted by molar-refractivity contribution is 6.29. The highest BCUT2D eigenvalue weighted by Gasteiger charge is 2.26. The first kappa shape index (κ1) is 11.4. The summed E-state index contributed by atoms with van der Waals surface area (Å²) in [4.78, 5) is 15.4. The van der Waals surface area contributed by atoms with Crippen LogP contribution in [0.1, 0.15) is 37.3 Å². The Bertz CT molecular complexity index is 386. The van der Waals surface area contributed by atoms with Gasteiger partial charge >= 0.3 is 0 Å². The second kappa shape index (κ2) is 4.83. The van der Waals surface area contributed by atoms with Crippen LogP contribution in [0.25, 0.3) is 0 Å². The molecule has 0 unspecified atom stereocenters. The molecule has 1 amide bonds. The van der Waals surface area contributed by atoms with Crippen LogP contribution in [-0.2, 0) is 4.79 Å². The van der Waals surface area contributed by atoms with Crippen LogP contribution in [-0.4, -0.2) is 10.9 Å². The summed E-state index contributed by atoms with van der Waals surface area (Å²) in [5.74, 6) is 0.308. The minimum Gasteiger partial charge on any atom is -0.369 e. The predicted octanol–water partition coefficient (Wildman–Crippen LogP) is 2.49. The van der Waals surface area contributed by atoms with E-state index in [0.717, 1.165) is 31.4 Å². The molecule has 0 radical (unpaired) electrons. The van der Waals surface area contributed by atoms with E-state index in [1.165, 1.54) is 0 Å². The first-order valence-electron chi connectivity index (χ1n) is 5.58. The van der Waals surface area contributed by atoms with Crippen molar-refractivity contribution in [2.45, 2.75) is 31.6 Å². The van der Waals surface area contributed by atoms with Crippen LogP contribution in [0, 0.1) is 5.92 Å². The van der Waals surface area contributed by atoms with Crippen molar-refractivity contribution < 1.29 is 4.79 Å². The summed E-state index contributed by atoms with van der Waals surface area (Å²) in [6, 6.07) is 5.70. The molecule has 0 spiro atoms.